The van der Waals surface area contributed by atoms with Crippen LogP contribution in [0.2, 0.25) is 0 Å². The average Bonchev–Trinajstić information content (AvgIpc) is 2.48. The summed E-state index contributed by atoms with van der Waals surface area (Å²) in [5.74, 6) is -0.497. The SMILES string of the molecule is O=C(Cc1ccc(C(F)(F)F)cc1)Nc1ccc(OC(F)F)cc1. The van der Waals surface area contributed by atoms with Gasteiger partial charge in [0.25, 0.3) is 0 Å². The molecule has 0 saturated carbocycles. The second kappa shape index (κ2) is 7.29. The lowest BCUT2D eigenvalue weighted by Crippen LogP contribution is -2.14. The number of hydrogen-bond donors (Lipinski definition) is 1. The highest BCUT2D eigenvalue weighted by Gasteiger charge is 2.29. The van der Waals surface area contributed by atoms with Gasteiger partial charge in [-0.25, -0.2) is 0 Å². The van der Waals surface area contributed by atoms with Crippen LogP contribution in [-0.4, -0.2) is 12.5 Å². The van der Waals surface area contributed by atoms with Gasteiger partial charge in [-0.15, -0.1) is 0 Å². The highest BCUT2D eigenvalue weighted by Crippen LogP contribution is 2.29. The molecule has 1 N–H and O–H groups in total. The van der Waals surface area contributed by atoms with Gasteiger partial charge in [-0.05, 0) is 42.0 Å². The Morgan fingerprint density at radius 2 is 1.58 bits per heavy atom. The van der Waals surface area contributed by atoms with Gasteiger partial charge in [-0.2, -0.15) is 22.0 Å². The van der Waals surface area contributed by atoms with Gasteiger partial charge < -0.3 is 10.1 Å². The third-order valence-corrected chi connectivity index (χ3v) is 3.01. The maximum atomic E-state index is 12.4. The zero-order chi connectivity index (χ0) is 17.7. The fraction of sp³-hybridized carbons (Fsp3) is 0.188. The molecule has 0 unspecified atom stereocenters. The summed E-state index contributed by atoms with van der Waals surface area (Å²) in [4.78, 5) is 11.8. The predicted molar refractivity (Wildman–Crippen MR) is 76.9 cm³/mol. The summed E-state index contributed by atoms with van der Waals surface area (Å²) in [5, 5.41) is 2.51. The standard InChI is InChI=1S/C16H12F5NO2/c17-15(18)24-13-7-5-12(6-8-13)22-14(23)9-10-1-3-11(4-2-10)16(19,20)21/h1-8,15H,9H2,(H,22,23). The molecule has 2 aromatic carbocycles. The van der Waals surface area contributed by atoms with Gasteiger partial charge >= 0.3 is 12.8 Å². The molecule has 0 saturated heterocycles. The van der Waals surface area contributed by atoms with Crippen LogP contribution in [0, 0.1) is 0 Å². The van der Waals surface area contributed by atoms with E-state index in [9.17, 15) is 26.7 Å². The molecule has 2 aromatic rings. The predicted octanol–water partition coefficient (Wildman–Crippen LogP) is 4.49. The molecular weight excluding hydrogens is 333 g/mol. The van der Waals surface area contributed by atoms with Crippen LogP contribution in [0.3, 0.4) is 0 Å². The number of rotatable bonds is 5. The number of carbonyl (C=O) groups excluding carboxylic acids is 1. The smallest absolute Gasteiger partial charge is 0.416 e. The van der Waals surface area contributed by atoms with Gasteiger partial charge in [0.2, 0.25) is 5.91 Å². The zero-order valence-corrected chi connectivity index (χ0v) is 12.1. The Morgan fingerprint density at radius 1 is 1.00 bits per heavy atom. The highest BCUT2D eigenvalue weighted by molar-refractivity contribution is 5.92. The molecule has 0 heterocycles. The summed E-state index contributed by atoms with van der Waals surface area (Å²) in [5.41, 5.74) is -0.0204. The lowest BCUT2D eigenvalue weighted by atomic mass is 10.1. The average molecular weight is 345 g/mol. The highest BCUT2D eigenvalue weighted by atomic mass is 19.4. The van der Waals surface area contributed by atoms with Gasteiger partial charge in [0.15, 0.2) is 0 Å². The molecule has 0 bridgehead atoms. The van der Waals surface area contributed by atoms with Crippen molar-refractivity contribution < 1.29 is 31.5 Å². The molecule has 0 fully saturated rings. The third-order valence-electron chi connectivity index (χ3n) is 3.01. The Balaban J connectivity index is 1.93. The summed E-state index contributed by atoms with van der Waals surface area (Å²) in [6, 6.07) is 9.53. The number of hydrogen-bond acceptors (Lipinski definition) is 2. The molecule has 0 radical (unpaired) electrons. The first-order valence-corrected chi connectivity index (χ1v) is 6.75. The first-order valence-electron chi connectivity index (χ1n) is 6.75. The first kappa shape index (κ1) is 17.7. The third kappa shape index (κ3) is 5.22. The van der Waals surface area contributed by atoms with Crippen LogP contribution >= 0.6 is 0 Å². The van der Waals surface area contributed by atoms with Crippen LogP contribution in [0.4, 0.5) is 27.6 Å². The molecule has 0 aliphatic rings. The van der Waals surface area contributed by atoms with Crippen LogP contribution in [0.5, 0.6) is 5.75 Å². The maximum Gasteiger partial charge on any atom is 0.416 e. The Hall–Kier alpha value is -2.64. The summed E-state index contributed by atoms with van der Waals surface area (Å²) in [7, 11) is 0. The summed E-state index contributed by atoms with van der Waals surface area (Å²) >= 11 is 0. The molecule has 0 spiro atoms. The summed E-state index contributed by atoms with van der Waals surface area (Å²) in [6.45, 7) is -2.94. The molecular formula is C16H12F5NO2. The van der Waals surface area contributed by atoms with Crippen molar-refractivity contribution in [3.05, 3.63) is 59.7 Å². The van der Waals surface area contributed by atoms with Crippen molar-refractivity contribution in [3.8, 4) is 5.75 Å². The molecule has 0 aliphatic carbocycles. The molecule has 128 valence electrons. The van der Waals surface area contributed by atoms with E-state index in [-0.39, 0.29) is 12.2 Å². The van der Waals surface area contributed by atoms with Crippen LogP contribution in [0.25, 0.3) is 0 Å². The van der Waals surface area contributed by atoms with Crippen LogP contribution in [0.1, 0.15) is 11.1 Å². The van der Waals surface area contributed by atoms with E-state index in [1.54, 1.807) is 0 Å². The van der Waals surface area contributed by atoms with E-state index in [1.165, 1.54) is 36.4 Å². The molecule has 2 rings (SSSR count). The molecule has 24 heavy (non-hydrogen) atoms. The molecule has 0 atom stereocenters. The minimum absolute atomic E-state index is 0.0502. The monoisotopic (exact) mass is 345 g/mol. The number of benzene rings is 2. The fourth-order valence-electron chi connectivity index (χ4n) is 1.92. The molecule has 8 heteroatoms. The minimum Gasteiger partial charge on any atom is -0.435 e. The van der Waals surface area contributed by atoms with Crippen molar-refractivity contribution in [2.24, 2.45) is 0 Å². The number of alkyl halides is 5. The van der Waals surface area contributed by atoms with E-state index in [2.05, 4.69) is 10.1 Å². The van der Waals surface area contributed by atoms with Gasteiger partial charge in [0, 0.05) is 5.69 Å². The molecule has 1 amide bonds. The normalized spacial score (nSPS) is 11.4. The number of ether oxygens (including phenoxy) is 1. The zero-order valence-electron chi connectivity index (χ0n) is 12.1. The van der Waals surface area contributed by atoms with Crippen molar-refractivity contribution in [3.63, 3.8) is 0 Å². The Kier molecular flexibility index (Phi) is 5.38. The molecule has 0 aromatic heterocycles. The van der Waals surface area contributed by atoms with Crippen LogP contribution in [-0.2, 0) is 17.4 Å². The topological polar surface area (TPSA) is 38.3 Å². The van der Waals surface area contributed by atoms with Crippen molar-refractivity contribution >= 4 is 11.6 Å². The van der Waals surface area contributed by atoms with Crippen molar-refractivity contribution in [2.75, 3.05) is 5.32 Å². The lowest BCUT2D eigenvalue weighted by Gasteiger charge is -2.09. The van der Waals surface area contributed by atoms with E-state index in [0.717, 1.165) is 12.1 Å². The minimum atomic E-state index is -4.43. The van der Waals surface area contributed by atoms with Crippen molar-refractivity contribution in [2.45, 2.75) is 19.2 Å². The van der Waals surface area contributed by atoms with Crippen molar-refractivity contribution in [1.82, 2.24) is 0 Å². The Morgan fingerprint density at radius 3 is 2.08 bits per heavy atom. The van der Waals surface area contributed by atoms with Crippen LogP contribution in [0.15, 0.2) is 48.5 Å². The lowest BCUT2D eigenvalue weighted by molar-refractivity contribution is -0.137. The van der Waals surface area contributed by atoms with Crippen molar-refractivity contribution in [1.29, 1.82) is 0 Å². The van der Waals surface area contributed by atoms with E-state index < -0.39 is 24.3 Å². The number of nitrogens with one attached hydrogen (secondary N) is 1. The van der Waals surface area contributed by atoms with Gasteiger partial charge in [-0.3, -0.25) is 4.79 Å². The van der Waals surface area contributed by atoms with E-state index in [1.807, 2.05) is 0 Å². The van der Waals surface area contributed by atoms with E-state index in [4.69, 9.17) is 0 Å². The Bertz CT molecular complexity index is 681. The second-order valence-electron chi connectivity index (χ2n) is 4.82. The number of amides is 1. The molecule has 3 nitrogen and oxygen atoms in total. The maximum absolute atomic E-state index is 12.4. The van der Waals surface area contributed by atoms with Gasteiger partial charge in [0.05, 0.1) is 12.0 Å². The molecule has 0 aliphatic heterocycles. The quantitative estimate of drug-likeness (QED) is 0.811. The summed E-state index contributed by atoms with van der Waals surface area (Å²) < 4.78 is 65.5. The largest absolute Gasteiger partial charge is 0.435 e. The van der Waals surface area contributed by atoms with Gasteiger partial charge in [0.1, 0.15) is 5.75 Å². The number of carbonyl (C=O) groups is 1. The Labute approximate surface area is 134 Å². The summed E-state index contributed by atoms with van der Waals surface area (Å²) in [6.07, 6.45) is -4.55. The van der Waals surface area contributed by atoms with E-state index in [0.29, 0.717) is 11.3 Å². The van der Waals surface area contributed by atoms with Gasteiger partial charge in [-0.1, -0.05) is 12.1 Å². The first-order chi connectivity index (χ1) is 11.2. The van der Waals surface area contributed by atoms with E-state index >= 15 is 0 Å². The number of anilines is 1. The second-order valence-corrected chi connectivity index (χ2v) is 4.82. The fourth-order valence-corrected chi connectivity index (χ4v) is 1.92. The van der Waals surface area contributed by atoms with Crippen LogP contribution < -0.4 is 10.1 Å². The number of halogens is 5.